The lowest BCUT2D eigenvalue weighted by molar-refractivity contribution is -0.138. The van der Waals surface area contributed by atoms with E-state index in [2.05, 4.69) is 0 Å². The number of halogens is 3. The zero-order valence-electron chi connectivity index (χ0n) is 16.6. The summed E-state index contributed by atoms with van der Waals surface area (Å²) in [6, 6.07) is 14.6. The Bertz CT molecular complexity index is 1130. The molecule has 0 fully saturated rings. The van der Waals surface area contributed by atoms with Crippen LogP contribution in [0.1, 0.15) is 16.7 Å². The van der Waals surface area contributed by atoms with Crippen molar-refractivity contribution in [3.8, 4) is 11.5 Å². The van der Waals surface area contributed by atoms with Crippen molar-refractivity contribution in [2.45, 2.75) is 19.5 Å². The van der Waals surface area contributed by atoms with Crippen molar-refractivity contribution in [3.05, 3.63) is 83.4 Å². The van der Waals surface area contributed by atoms with Crippen LogP contribution in [0.25, 0.3) is 0 Å². The molecule has 3 aromatic carbocycles. The number of hydrogen-bond donors (Lipinski definition) is 1. The van der Waals surface area contributed by atoms with E-state index in [0.717, 1.165) is 17.7 Å². The molecule has 168 valence electrons. The Morgan fingerprint density at radius 2 is 1.69 bits per heavy atom. The highest BCUT2D eigenvalue weighted by Crippen LogP contribution is 2.41. The molecule has 1 N–H and O–H groups in total. The van der Waals surface area contributed by atoms with E-state index in [0.29, 0.717) is 15.9 Å². The summed E-state index contributed by atoms with van der Waals surface area (Å²) in [6.45, 7) is 1.79. The molecule has 3 rings (SSSR count). The number of aryl methyl sites for hydroxylation is 1. The topological polar surface area (TPSA) is 89.9 Å². The standard InChI is InChI=1S/C22H18F3NO5S/c1-14-2-7-17(8-3-14)26(32(29)30)19-13-16(22(23,24)25)6-11-20(19)31-18-9-4-15(5-10-18)12-21(27)28/h2-11,13H,12H2,1H3,(H,27,28)(H,29,30)/p-1. The molecule has 0 heterocycles. The molecule has 0 bridgehead atoms. The Hall–Kier alpha value is -3.37. The number of aliphatic carboxylic acids is 1. The van der Waals surface area contributed by atoms with Gasteiger partial charge in [0.15, 0.2) is 5.75 Å². The Kier molecular flexibility index (Phi) is 6.85. The fourth-order valence-electron chi connectivity index (χ4n) is 2.90. The Morgan fingerprint density at radius 3 is 2.22 bits per heavy atom. The number of carboxylic acid groups (broad SMARTS) is 1. The Balaban J connectivity index is 2.06. The van der Waals surface area contributed by atoms with Gasteiger partial charge in [-0.05, 0) is 55.0 Å². The van der Waals surface area contributed by atoms with Gasteiger partial charge in [0.25, 0.3) is 0 Å². The fraction of sp³-hybridized carbons (Fsp3) is 0.136. The van der Waals surface area contributed by atoms with Crippen molar-refractivity contribution in [1.29, 1.82) is 0 Å². The summed E-state index contributed by atoms with van der Waals surface area (Å²) in [6.07, 6.45) is -4.91. The molecule has 0 aliphatic rings. The molecule has 1 unspecified atom stereocenters. The van der Waals surface area contributed by atoms with Gasteiger partial charge < -0.3 is 14.4 Å². The number of nitrogens with zero attached hydrogens (tertiary/aromatic N) is 1. The van der Waals surface area contributed by atoms with Crippen LogP contribution < -0.4 is 9.04 Å². The first-order valence-electron chi connectivity index (χ1n) is 9.20. The van der Waals surface area contributed by atoms with E-state index in [1.54, 1.807) is 19.1 Å². The van der Waals surface area contributed by atoms with Gasteiger partial charge in [0.1, 0.15) is 5.75 Å². The minimum atomic E-state index is -4.70. The SMILES string of the molecule is Cc1ccc(N(c2cc(C(F)(F)F)ccc2Oc2ccc(CC(=O)O)cc2)S(=O)[O-])cc1. The van der Waals surface area contributed by atoms with Crippen LogP contribution in [-0.4, -0.2) is 19.8 Å². The summed E-state index contributed by atoms with van der Waals surface area (Å²) in [5, 5.41) is 8.85. The van der Waals surface area contributed by atoms with Gasteiger partial charge in [0.2, 0.25) is 0 Å². The number of carboxylic acids is 1. The molecule has 6 nitrogen and oxygen atoms in total. The van der Waals surface area contributed by atoms with E-state index in [1.807, 2.05) is 0 Å². The van der Waals surface area contributed by atoms with E-state index >= 15 is 0 Å². The van der Waals surface area contributed by atoms with Crippen molar-refractivity contribution in [3.63, 3.8) is 0 Å². The molecule has 0 saturated carbocycles. The smallest absolute Gasteiger partial charge is 0.416 e. The van der Waals surface area contributed by atoms with Crippen LogP contribution in [0.2, 0.25) is 0 Å². The number of carbonyl (C=O) groups is 1. The Labute approximate surface area is 184 Å². The number of anilines is 2. The zero-order valence-corrected chi connectivity index (χ0v) is 17.4. The van der Waals surface area contributed by atoms with Crippen LogP contribution in [0.4, 0.5) is 24.5 Å². The second-order valence-electron chi connectivity index (χ2n) is 6.84. The summed E-state index contributed by atoms with van der Waals surface area (Å²) >= 11 is -2.95. The molecule has 1 atom stereocenters. The predicted octanol–water partition coefficient (Wildman–Crippen LogP) is 5.37. The molecular formula is C22H17F3NO5S-. The highest BCUT2D eigenvalue weighted by molar-refractivity contribution is 7.81. The number of ether oxygens (including phenoxy) is 1. The van der Waals surface area contributed by atoms with Crippen molar-refractivity contribution >= 4 is 28.6 Å². The third-order valence-corrected chi connectivity index (χ3v) is 5.13. The minimum Gasteiger partial charge on any atom is -0.755 e. The van der Waals surface area contributed by atoms with Crippen LogP contribution in [0, 0.1) is 6.92 Å². The van der Waals surface area contributed by atoms with Crippen molar-refractivity contribution in [2.75, 3.05) is 4.31 Å². The third-order valence-electron chi connectivity index (χ3n) is 4.43. The van der Waals surface area contributed by atoms with Crippen molar-refractivity contribution in [2.24, 2.45) is 0 Å². The lowest BCUT2D eigenvalue weighted by atomic mass is 10.1. The molecule has 0 aromatic heterocycles. The Morgan fingerprint density at radius 1 is 1.06 bits per heavy atom. The summed E-state index contributed by atoms with van der Waals surface area (Å²) in [5.74, 6) is -0.954. The lowest BCUT2D eigenvalue weighted by Crippen LogP contribution is -2.21. The molecular weight excluding hydrogens is 447 g/mol. The van der Waals surface area contributed by atoms with E-state index < -0.39 is 29.0 Å². The first kappa shape index (κ1) is 23.3. The van der Waals surface area contributed by atoms with E-state index in [-0.39, 0.29) is 29.3 Å². The van der Waals surface area contributed by atoms with Gasteiger partial charge in [-0.25, -0.2) is 0 Å². The fourth-order valence-corrected chi connectivity index (χ4v) is 3.50. The van der Waals surface area contributed by atoms with E-state index in [1.165, 1.54) is 36.4 Å². The van der Waals surface area contributed by atoms with Crippen LogP contribution in [-0.2, 0) is 28.7 Å². The van der Waals surface area contributed by atoms with Gasteiger partial charge in [-0.3, -0.25) is 13.3 Å². The number of hydrogen-bond acceptors (Lipinski definition) is 4. The number of rotatable bonds is 7. The van der Waals surface area contributed by atoms with Crippen molar-refractivity contribution < 1.29 is 36.6 Å². The van der Waals surface area contributed by atoms with Crippen LogP contribution in [0.15, 0.2) is 66.7 Å². The maximum atomic E-state index is 13.3. The van der Waals surface area contributed by atoms with Gasteiger partial charge in [0, 0.05) is 0 Å². The van der Waals surface area contributed by atoms with Gasteiger partial charge >= 0.3 is 12.1 Å². The molecule has 0 saturated heterocycles. The van der Waals surface area contributed by atoms with Gasteiger partial charge in [-0.15, -0.1) is 0 Å². The maximum Gasteiger partial charge on any atom is 0.416 e. The summed E-state index contributed by atoms with van der Waals surface area (Å²) in [7, 11) is 0. The quantitative estimate of drug-likeness (QED) is 0.475. The predicted molar refractivity (Wildman–Crippen MR) is 112 cm³/mol. The van der Waals surface area contributed by atoms with Crippen LogP contribution in [0.5, 0.6) is 11.5 Å². The first-order valence-corrected chi connectivity index (χ1v) is 10.2. The van der Waals surface area contributed by atoms with Gasteiger partial charge in [0.05, 0.1) is 34.6 Å². The molecule has 10 heteroatoms. The molecule has 0 aliphatic carbocycles. The molecule has 0 amide bonds. The van der Waals surface area contributed by atoms with Gasteiger partial charge in [-0.1, -0.05) is 29.8 Å². The summed E-state index contributed by atoms with van der Waals surface area (Å²) in [4.78, 5) is 10.8. The molecule has 3 aromatic rings. The summed E-state index contributed by atoms with van der Waals surface area (Å²) < 4.78 is 70.5. The van der Waals surface area contributed by atoms with Crippen LogP contribution in [0.3, 0.4) is 0 Å². The van der Waals surface area contributed by atoms with E-state index in [4.69, 9.17) is 9.84 Å². The maximum absolute atomic E-state index is 13.3. The van der Waals surface area contributed by atoms with Crippen LogP contribution >= 0.6 is 0 Å². The molecule has 0 radical (unpaired) electrons. The third kappa shape index (κ3) is 5.65. The molecule has 0 aliphatic heterocycles. The largest absolute Gasteiger partial charge is 0.755 e. The minimum absolute atomic E-state index is 0.130. The molecule has 32 heavy (non-hydrogen) atoms. The van der Waals surface area contributed by atoms with Crippen molar-refractivity contribution in [1.82, 2.24) is 0 Å². The number of benzene rings is 3. The average molecular weight is 464 g/mol. The second-order valence-corrected chi connectivity index (χ2v) is 7.64. The van der Waals surface area contributed by atoms with Gasteiger partial charge in [-0.2, -0.15) is 13.2 Å². The highest BCUT2D eigenvalue weighted by atomic mass is 32.2. The second kappa shape index (κ2) is 9.41. The molecule has 0 spiro atoms. The van der Waals surface area contributed by atoms with E-state index in [9.17, 15) is 26.7 Å². The number of alkyl halides is 3. The normalized spacial score (nSPS) is 12.3. The highest BCUT2D eigenvalue weighted by Gasteiger charge is 2.32. The monoisotopic (exact) mass is 464 g/mol. The first-order chi connectivity index (χ1) is 15.0. The lowest BCUT2D eigenvalue weighted by Gasteiger charge is -2.29. The summed E-state index contributed by atoms with van der Waals surface area (Å²) in [5.41, 5.74) is 0.0996. The zero-order chi connectivity index (χ0) is 23.5. The average Bonchev–Trinajstić information content (AvgIpc) is 2.71.